The van der Waals surface area contributed by atoms with Crippen LogP contribution in [0.25, 0.3) is 0 Å². The summed E-state index contributed by atoms with van der Waals surface area (Å²) in [6.07, 6.45) is 2.70. The number of thioether (sulfide) groups is 1. The molecule has 0 spiro atoms. The van der Waals surface area contributed by atoms with E-state index in [-0.39, 0.29) is 11.7 Å². The normalized spacial score (nSPS) is 52.8. The van der Waals surface area contributed by atoms with E-state index in [1.165, 1.54) is 0 Å². The van der Waals surface area contributed by atoms with Crippen molar-refractivity contribution in [3.8, 4) is 0 Å². The van der Waals surface area contributed by atoms with Gasteiger partial charge in [0.15, 0.2) is 0 Å². The summed E-state index contributed by atoms with van der Waals surface area (Å²) in [6.45, 7) is 4.30. The van der Waals surface area contributed by atoms with E-state index >= 15 is 0 Å². The maximum atomic E-state index is 5.46. The van der Waals surface area contributed by atoms with Gasteiger partial charge in [-0.25, -0.2) is 16.3 Å². The molecule has 0 aromatic rings. The predicted molar refractivity (Wildman–Crippen MR) is 76.4 cm³/mol. The lowest BCUT2D eigenvalue weighted by Gasteiger charge is -2.27. The molecule has 4 aliphatic heterocycles. The Kier molecular flexibility index (Phi) is 3.65. The van der Waals surface area contributed by atoms with Gasteiger partial charge in [0, 0.05) is 6.04 Å². The smallest absolute Gasteiger partial charge is 0.137 e. The Labute approximate surface area is 123 Å². The van der Waals surface area contributed by atoms with Gasteiger partial charge < -0.3 is 0 Å². The maximum Gasteiger partial charge on any atom is 0.137 e. The van der Waals surface area contributed by atoms with Gasteiger partial charge >= 0.3 is 0 Å². The van der Waals surface area contributed by atoms with E-state index in [4.69, 9.17) is 4.84 Å². The van der Waals surface area contributed by atoms with Gasteiger partial charge in [0.25, 0.3) is 0 Å². The van der Waals surface area contributed by atoms with E-state index in [1.54, 1.807) is 0 Å². The first-order valence-corrected chi connectivity index (χ1v) is 8.28. The lowest BCUT2D eigenvalue weighted by atomic mass is 10.1. The van der Waals surface area contributed by atoms with Gasteiger partial charge in [0.2, 0.25) is 0 Å². The van der Waals surface area contributed by atoms with Gasteiger partial charge in [-0.3, -0.25) is 15.7 Å². The van der Waals surface area contributed by atoms with Crippen LogP contribution in [0.2, 0.25) is 0 Å². The Morgan fingerprint density at radius 2 is 1.95 bits per heavy atom. The standard InChI is InChI=1S/C11H23N7OS/c1-5-3-7(13-12-5)9-14-15-11-18(9)16-10(20-11)8-4-6(2)19-17-8/h5-17H,3-4H2,1-2H3. The average molecular weight is 301 g/mol. The summed E-state index contributed by atoms with van der Waals surface area (Å²) in [5, 5.41) is 2.63. The maximum absolute atomic E-state index is 5.46. The molecule has 20 heavy (non-hydrogen) atoms. The number of hydrazine groups is 3. The number of hydroxylamine groups is 1. The van der Waals surface area contributed by atoms with Crippen LogP contribution in [0.4, 0.5) is 0 Å². The zero-order chi connectivity index (χ0) is 13.7. The van der Waals surface area contributed by atoms with Gasteiger partial charge in [-0.05, 0) is 26.7 Å². The van der Waals surface area contributed by atoms with Gasteiger partial charge in [0.1, 0.15) is 11.7 Å². The van der Waals surface area contributed by atoms with Crippen molar-refractivity contribution in [1.82, 2.24) is 37.6 Å². The fourth-order valence-electron chi connectivity index (χ4n) is 3.28. The number of fused-ring (bicyclic) bond motifs is 1. The first-order valence-electron chi connectivity index (χ1n) is 7.34. The molecule has 7 unspecified atom stereocenters. The predicted octanol–water partition coefficient (Wildman–Crippen LogP) is -1.48. The van der Waals surface area contributed by atoms with Crippen molar-refractivity contribution < 1.29 is 4.84 Å². The second-order valence-corrected chi connectivity index (χ2v) is 7.33. The highest BCUT2D eigenvalue weighted by Gasteiger charge is 2.48. The Bertz CT molecular complexity index is 375. The Morgan fingerprint density at radius 3 is 2.65 bits per heavy atom. The van der Waals surface area contributed by atoms with Crippen LogP contribution in [0.15, 0.2) is 0 Å². The molecule has 4 saturated heterocycles. The lowest BCUT2D eigenvalue weighted by molar-refractivity contribution is 0.0321. The number of rotatable bonds is 2. The summed E-state index contributed by atoms with van der Waals surface area (Å²) in [5.41, 5.74) is 20.4. The van der Waals surface area contributed by atoms with Gasteiger partial charge in [-0.2, -0.15) is 10.5 Å². The van der Waals surface area contributed by atoms with Gasteiger partial charge in [0.05, 0.1) is 23.6 Å². The van der Waals surface area contributed by atoms with E-state index in [0.29, 0.717) is 29.6 Å². The lowest BCUT2D eigenvalue weighted by Crippen LogP contribution is -2.57. The molecular weight excluding hydrogens is 278 g/mol. The fourth-order valence-corrected chi connectivity index (χ4v) is 4.56. The molecule has 0 bridgehead atoms. The SMILES string of the molecule is CC1CC(C2NNC3SC(C4CC(C)ON4)NN32)NN1. The Hall–Kier alpha value is 0.0300. The van der Waals surface area contributed by atoms with E-state index < -0.39 is 0 Å². The molecule has 8 nitrogen and oxygen atoms in total. The summed E-state index contributed by atoms with van der Waals surface area (Å²) in [5.74, 6) is 0. The summed E-state index contributed by atoms with van der Waals surface area (Å²) < 4.78 is 0. The van der Waals surface area contributed by atoms with E-state index in [9.17, 15) is 0 Å². The Balaban J connectivity index is 1.39. The van der Waals surface area contributed by atoms with Crippen molar-refractivity contribution in [3.05, 3.63) is 0 Å². The molecule has 4 rings (SSSR count). The minimum Gasteiger partial charge on any atom is -0.298 e. The van der Waals surface area contributed by atoms with Crippen molar-refractivity contribution in [3.63, 3.8) is 0 Å². The van der Waals surface area contributed by atoms with Crippen LogP contribution in [0.5, 0.6) is 0 Å². The van der Waals surface area contributed by atoms with Crippen molar-refractivity contribution in [2.24, 2.45) is 0 Å². The number of hydrogen-bond donors (Lipinski definition) is 6. The largest absolute Gasteiger partial charge is 0.298 e. The third-order valence-corrected chi connectivity index (χ3v) is 5.66. The fraction of sp³-hybridized carbons (Fsp3) is 1.00. The molecule has 6 N–H and O–H groups in total. The third kappa shape index (κ3) is 2.36. The molecule has 4 heterocycles. The van der Waals surface area contributed by atoms with Crippen LogP contribution < -0.4 is 32.6 Å². The zero-order valence-corrected chi connectivity index (χ0v) is 12.5. The molecule has 0 aromatic heterocycles. The van der Waals surface area contributed by atoms with Crippen LogP contribution in [-0.4, -0.2) is 46.3 Å². The molecule has 0 radical (unpaired) electrons. The van der Waals surface area contributed by atoms with Crippen LogP contribution in [0.1, 0.15) is 26.7 Å². The molecular formula is C11H23N7OS. The average Bonchev–Trinajstić information content (AvgIpc) is 3.11. The number of nitrogens with one attached hydrogen (secondary N) is 6. The van der Waals surface area contributed by atoms with Crippen molar-refractivity contribution in [1.29, 1.82) is 0 Å². The molecule has 7 atom stereocenters. The van der Waals surface area contributed by atoms with Crippen LogP contribution >= 0.6 is 11.8 Å². The van der Waals surface area contributed by atoms with Crippen LogP contribution in [0, 0.1) is 0 Å². The van der Waals surface area contributed by atoms with E-state index in [1.807, 2.05) is 11.8 Å². The number of hydrogen-bond acceptors (Lipinski definition) is 9. The monoisotopic (exact) mass is 301 g/mol. The summed E-state index contributed by atoms with van der Waals surface area (Å²) in [4.78, 5) is 5.46. The molecule has 0 aromatic carbocycles. The van der Waals surface area contributed by atoms with Crippen molar-refractivity contribution in [2.45, 2.75) is 68.0 Å². The van der Waals surface area contributed by atoms with Gasteiger partial charge in [-0.1, -0.05) is 0 Å². The Morgan fingerprint density at radius 1 is 1.05 bits per heavy atom. The molecule has 114 valence electrons. The second-order valence-electron chi connectivity index (χ2n) is 6.10. The topological polar surface area (TPSA) is 84.7 Å². The minimum atomic E-state index is 0.245. The molecule has 9 heteroatoms. The highest BCUT2D eigenvalue weighted by Crippen LogP contribution is 2.34. The first-order chi connectivity index (χ1) is 9.70. The highest BCUT2D eigenvalue weighted by molar-refractivity contribution is 8.00. The molecule has 0 amide bonds. The second kappa shape index (κ2) is 5.34. The minimum absolute atomic E-state index is 0.245. The van der Waals surface area contributed by atoms with E-state index in [0.717, 1.165) is 12.8 Å². The summed E-state index contributed by atoms with van der Waals surface area (Å²) in [6, 6.07) is 1.26. The molecule has 4 aliphatic rings. The van der Waals surface area contributed by atoms with Crippen molar-refractivity contribution in [2.75, 3.05) is 0 Å². The molecule has 0 aliphatic carbocycles. The molecule has 0 saturated carbocycles. The van der Waals surface area contributed by atoms with Gasteiger partial charge in [-0.15, -0.1) is 11.8 Å². The third-order valence-electron chi connectivity index (χ3n) is 4.33. The van der Waals surface area contributed by atoms with Crippen LogP contribution in [-0.2, 0) is 4.84 Å². The number of nitrogens with zero attached hydrogens (tertiary/aromatic N) is 1. The summed E-state index contributed by atoms with van der Waals surface area (Å²) >= 11 is 1.89. The van der Waals surface area contributed by atoms with Crippen molar-refractivity contribution >= 4 is 11.8 Å². The quantitative estimate of drug-likeness (QED) is 0.366. The first kappa shape index (κ1) is 13.7. The zero-order valence-electron chi connectivity index (χ0n) is 11.7. The molecule has 4 fully saturated rings. The summed E-state index contributed by atoms with van der Waals surface area (Å²) in [7, 11) is 0. The van der Waals surface area contributed by atoms with Crippen LogP contribution in [0.3, 0.4) is 0 Å². The van der Waals surface area contributed by atoms with E-state index in [2.05, 4.69) is 51.5 Å². The highest BCUT2D eigenvalue weighted by atomic mass is 32.2.